The second kappa shape index (κ2) is 18.7. The summed E-state index contributed by atoms with van der Waals surface area (Å²) in [7, 11) is 0. The summed E-state index contributed by atoms with van der Waals surface area (Å²) in [4.78, 5) is 11.6. The second-order valence-electron chi connectivity index (χ2n) is 5.39. The third-order valence-corrected chi connectivity index (χ3v) is 3.31. The molecule has 23 heavy (non-hydrogen) atoms. The number of nitrogens with one attached hydrogen (secondary N) is 1. The standard InChI is InChI=1S/C20H35NO2/c1-2-3-4-5-6-7-8-9-10-11-12-13-14-15-16-17-20(23)21-18-19-22/h3-4,6-7,9-10,22H,2,5,8,11-19H2,1H3,(H,21,23)/b4-3+,7-6+,10-9+/i18D2,19D2. The van der Waals surface area contributed by atoms with Crippen LogP contribution < -0.4 is 5.32 Å². The quantitative estimate of drug-likeness (QED) is 0.339. The average Bonchev–Trinajstić information content (AvgIpc) is 2.57. The Morgan fingerprint density at radius 3 is 2.26 bits per heavy atom. The first-order valence-electron chi connectivity index (χ1n) is 10.7. The predicted molar refractivity (Wildman–Crippen MR) is 99.4 cm³/mol. The highest BCUT2D eigenvalue weighted by atomic mass is 16.3. The van der Waals surface area contributed by atoms with Crippen LogP contribution in [0.15, 0.2) is 36.5 Å². The Labute approximate surface area is 148 Å². The van der Waals surface area contributed by atoms with E-state index in [0.29, 0.717) is 6.42 Å². The lowest BCUT2D eigenvalue weighted by atomic mass is 10.1. The number of carbonyl (C=O) groups is 1. The number of aliphatic hydroxyl groups is 1. The lowest BCUT2D eigenvalue weighted by Gasteiger charge is -2.03. The lowest BCUT2D eigenvalue weighted by molar-refractivity contribution is -0.121. The normalized spacial score (nSPS) is 15.7. The number of unbranched alkanes of at least 4 members (excludes halogenated alkanes) is 5. The van der Waals surface area contributed by atoms with Crippen LogP contribution in [0.5, 0.6) is 0 Å². The Bertz CT molecular complexity index is 483. The summed E-state index contributed by atoms with van der Waals surface area (Å²) in [5.74, 6) is -0.584. The minimum Gasteiger partial charge on any atom is -0.395 e. The minimum absolute atomic E-state index is 0.134. The fourth-order valence-corrected chi connectivity index (χ4v) is 2.06. The maximum absolute atomic E-state index is 11.6. The second-order valence-corrected chi connectivity index (χ2v) is 5.39. The third-order valence-electron chi connectivity index (χ3n) is 3.31. The number of amides is 1. The molecule has 0 aromatic carbocycles. The Balaban J connectivity index is 3.58. The summed E-state index contributed by atoms with van der Waals surface area (Å²) < 4.78 is 28.5. The van der Waals surface area contributed by atoms with Gasteiger partial charge in [0.05, 0.1) is 12.0 Å². The van der Waals surface area contributed by atoms with E-state index >= 15 is 0 Å². The number of hydrogen-bond acceptors (Lipinski definition) is 2. The van der Waals surface area contributed by atoms with Crippen molar-refractivity contribution in [1.82, 2.24) is 5.32 Å². The molecule has 3 nitrogen and oxygen atoms in total. The van der Waals surface area contributed by atoms with Gasteiger partial charge in [-0.2, -0.15) is 0 Å². The molecule has 0 saturated carbocycles. The van der Waals surface area contributed by atoms with Crippen LogP contribution in [0.2, 0.25) is 0 Å². The molecule has 2 N–H and O–H groups in total. The highest BCUT2D eigenvalue weighted by Gasteiger charge is 1.99. The molecule has 1 amide bonds. The topological polar surface area (TPSA) is 49.3 Å². The molecule has 3 heteroatoms. The summed E-state index contributed by atoms with van der Waals surface area (Å²) in [5.41, 5.74) is 0. The molecule has 0 spiro atoms. The molecule has 0 atom stereocenters. The zero-order valence-electron chi connectivity index (χ0n) is 18.4. The van der Waals surface area contributed by atoms with E-state index in [9.17, 15) is 4.79 Å². The number of allylic oxidation sites excluding steroid dienone is 6. The average molecular weight is 326 g/mol. The van der Waals surface area contributed by atoms with Crippen molar-refractivity contribution in [3.05, 3.63) is 36.5 Å². The highest BCUT2D eigenvalue weighted by molar-refractivity contribution is 5.75. The first-order chi connectivity index (χ1) is 12.7. The van der Waals surface area contributed by atoms with Crippen LogP contribution in [0.25, 0.3) is 0 Å². The highest BCUT2D eigenvalue weighted by Crippen LogP contribution is 2.07. The van der Waals surface area contributed by atoms with E-state index < -0.39 is 19.0 Å². The van der Waals surface area contributed by atoms with E-state index in [4.69, 9.17) is 10.6 Å². The van der Waals surface area contributed by atoms with Crippen LogP contribution in [0.4, 0.5) is 0 Å². The van der Waals surface area contributed by atoms with Crippen molar-refractivity contribution in [2.75, 3.05) is 13.1 Å². The van der Waals surface area contributed by atoms with Crippen LogP contribution in [0.3, 0.4) is 0 Å². The Morgan fingerprint density at radius 2 is 1.57 bits per heavy atom. The van der Waals surface area contributed by atoms with E-state index in [1.54, 1.807) is 0 Å². The zero-order valence-corrected chi connectivity index (χ0v) is 14.4. The number of hydrogen-bond donors (Lipinski definition) is 2. The molecule has 0 saturated heterocycles. The van der Waals surface area contributed by atoms with Gasteiger partial charge >= 0.3 is 0 Å². The third kappa shape index (κ3) is 18.6. The minimum atomic E-state index is -3.10. The largest absolute Gasteiger partial charge is 0.395 e. The van der Waals surface area contributed by atoms with Gasteiger partial charge in [0.25, 0.3) is 0 Å². The molecule has 0 aromatic heterocycles. The summed E-state index contributed by atoms with van der Waals surface area (Å²) in [6.45, 7) is -3.75. The molecule has 0 aliphatic carbocycles. The smallest absolute Gasteiger partial charge is 0.220 e. The van der Waals surface area contributed by atoms with E-state index in [1.807, 2.05) is 5.32 Å². The molecule has 0 aliphatic rings. The van der Waals surface area contributed by atoms with Crippen LogP contribution in [-0.4, -0.2) is 24.1 Å². The molecule has 0 aromatic rings. The van der Waals surface area contributed by atoms with Crippen LogP contribution in [0.1, 0.15) is 76.6 Å². The van der Waals surface area contributed by atoms with Gasteiger partial charge in [0.15, 0.2) is 0 Å². The zero-order chi connectivity index (χ0) is 20.6. The van der Waals surface area contributed by atoms with E-state index in [-0.39, 0.29) is 6.42 Å². The Kier molecular flexibility index (Phi) is 12.4. The van der Waals surface area contributed by atoms with Gasteiger partial charge in [0.2, 0.25) is 5.91 Å². The first kappa shape index (κ1) is 15.2. The maximum atomic E-state index is 11.6. The lowest BCUT2D eigenvalue weighted by Crippen LogP contribution is -2.25. The van der Waals surface area contributed by atoms with Crippen molar-refractivity contribution in [2.24, 2.45) is 0 Å². The van der Waals surface area contributed by atoms with Crippen molar-refractivity contribution in [2.45, 2.75) is 71.1 Å². The Morgan fingerprint density at radius 1 is 0.957 bits per heavy atom. The predicted octanol–water partition coefficient (Wildman–Crippen LogP) is 4.68. The summed E-state index contributed by atoms with van der Waals surface area (Å²) in [6.07, 6.45) is 22.0. The van der Waals surface area contributed by atoms with Gasteiger partial charge in [0.1, 0.15) is 0 Å². The van der Waals surface area contributed by atoms with Gasteiger partial charge in [0, 0.05) is 12.9 Å². The summed E-state index contributed by atoms with van der Waals surface area (Å²) in [5, 5.41) is 10.9. The van der Waals surface area contributed by atoms with Crippen molar-refractivity contribution in [1.29, 1.82) is 0 Å². The fraction of sp³-hybridized carbons (Fsp3) is 0.650. The molecule has 0 rings (SSSR count). The molecule has 0 aliphatic heterocycles. The van der Waals surface area contributed by atoms with Gasteiger partial charge in [-0.3, -0.25) is 4.79 Å². The Hall–Kier alpha value is -1.35. The van der Waals surface area contributed by atoms with Gasteiger partial charge in [-0.05, 0) is 38.5 Å². The molecule has 132 valence electrons. The molecule has 0 radical (unpaired) electrons. The van der Waals surface area contributed by atoms with E-state index in [1.165, 1.54) is 0 Å². The SMILES string of the molecule is [2H]C([2H])(O)C([2H])([2H])NC(=O)CCCCCCC/C=C/C/C=C/C/C=C/CC. The summed E-state index contributed by atoms with van der Waals surface area (Å²) >= 11 is 0. The maximum Gasteiger partial charge on any atom is 0.220 e. The van der Waals surface area contributed by atoms with Crippen LogP contribution >= 0.6 is 0 Å². The molecule has 0 fully saturated rings. The van der Waals surface area contributed by atoms with Gasteiger partial charge in [-0.15, -0.1) is 0 Å². The van der Waals surface area contributed by atoms with Crippen molar-refractivity contribution >= 4 is 5.91 Å². The van der Waals surface area contributed by atoms with Crippen molar-refractivity contribution < 1.29 is 15.4 Å². The monoisotopic (exact) mass is 325 g/mol. The van der Waals surface area contributed by atoms with E-state index in [2.05, 4.69) is 43.4 Å². The first-order valence-corrected chi connectivity index (χ1v) is 8.69. The molecule has 0 unspecified atom stereocenters. The molecular weight excluding hydrogens is 286 g/mol. The molecule has 0 heterocycles. The van der Waals surface area contributed by atoms with E-state index in [0.717, 1.165) is 51.4 Å². The van der Waals surface area contributed by atoms with Gasteiger partial charge < -0.3 is 10.4 Å². The van der Waals surface area contributed by atoms with Gasteiger partial charge in [-0.25, -0.2) is 0 Å². The van der Waals surface area contributed by atoms with Crippen LogP contribution in [0, 0.1) is 0 Å². The molecular formula is C20H35NO2. The van der Waals surface area contributed by atoms with Crippen molar-refractivity contribution in [3.8, 4) is 0 Å². The van der Waals surface area contributed by atoms with Crippen LogP contribution in [-0.2, 0) is 4.79 Å². The van der Waals surface area contributed by atoms with Gasteiger partial charge in [-0.1, -0.05) is 62.6 Å². The molecule has 0 bridgehead atoms. The van der Waals surface area contributed by atoms with Crippen molar-refractivity contribution in [3.63, 3.8) is 0 Å². The fourth-order valence-electron chi connectivity index (χ4n) is 2.06. The number of rotatable bonds is 15. The summed E-state index contributed by atoms with van der Waals surface area (Å²) in [6, 6.07) is 0. The number of carbonyl (C=O) groups excluding carboxylic acids is 1.